The van der Waals surface area contributed by atoms with E-state index < -0.39 is 42.4 Å². The van der Waals surface area contributed by atoms with Gasteiger partial charge in [-0.05, 0) is 49.0 Å². The summed E-state index contributed by atoms with van der Waals surface area (Å²) in [6, 6.07) is 2.32. The highest BCUT2D eigenvalue weighted by Gasteiger charge is 2.40. The summed E-state index contributed by atoms with van der Waals surface area (Å²) in [7, 11) is 0. The third kappa shape index (κ3) is 7.62. The van der Waals surface area contributed by atoms with Gasteiger partial charge in [0.05, 0.1) is 18.0 Å². The van der Waals surface area contributed by atoms with Crippen LogP contribution in [0.2, 0.25) is 0 Å². The molecule has 0 aliphatic carbocycles. The van der Waals surface area contributed by atoms with Crippen molar-refractivity contribution in [3.8, 4) is 11.8 Å². The van der Waals surface area contributed by atoms with Crippen molar-refractivity contribution in [2.24, 2.45) is 5.92 Å². The topological polar surface area (TPSA) is 40.5 Å². The third-order valence-corrected chi connectivity index (χ3v) is 5.12. The SMILES string of the molecule is C=C(C)C#C[C@H](CC(F)(F)F)N1CC[C@@H](CC(=O)O)C[C@H]1c1ccc(C(F)(F)F)cc1. The van der Waals surface area contributed by atoms with E-state index in [1.54, 1.807) is 6.92 Å². The molecule has 9 heteroatoms. The molecule has 0 saturated carbocycles. The molecule has 0 amide bonds. The molecule has 1 saturated heterocycles. The second-order valence-electron chi connectivity index (χ2n) is 7.75. The number of halogens is 6. The molecule has 1 N–H and O–H groups in total. The van der Waals surface area contributed by atoms with Gasteiger partial charge in [0.15, 0.2) is 0 Å². The molecule has 1 aliphatic rings. The van der Waals surface area contributed by atoms with Crippen LogP contribution in [0.1, 0.15) is 49.8 Å². The van der Waals surface area contributed by atoms with Gasteiger partial charge in [-0.3, -0.25) is 9.69 Å². The maximum Gasteiger partial charge on any atom is 0.416 e. The lowest BCUT2D eigenvalue weighted by Crippen LogP contribution is -2.45. The number of alkyl halides is 6. The summed E-state index contributed by atoms with van der Waals surface area (Å²) in [5, 5.41) is 9.10. The molecule has 1 aliphatic heterocycles. The summed E-state index contributed by atoms with van der Waals surface area (Å²) >= 11 is 0. The second kappa shape index (κ2) is 9.77. The zero-order valence-corrected chi connectivity index (χ0v) is 16.9. The fraction of sp³-hybridized carbons (Fsp3) is 0.500. The zero-order chi connectivity index (χ0) is 23.4. The maximum atomic E-state index is 13.2. The van der Waals surface area contributed by atoms with E-state index in [9.17, 15) is 31.1 Å². The van der Waals surface area contributed by atoms with Crippen LogP contribution in [-0.4, -0.2) is 34.7 Å². The molecule has 3 nitrogen and oxygen atoms in total. The van der Waals surface area contributed by atoms with Crippen LogP contribution < -0.4 is 0 Å². The van der Waals surface area contributed by atoms with Gasteiger partial charge in [0.25, 0.3) is 0 Å². The number of likely N-dealkylation sites (tertiary alicyclic amines) is 1. The first kappa shape index (κ1) is 24.8. The Morgan fingerprint density at radius 2 is 1.84 bits per heavy atom. The van der Waals surface area contributed by atoms with E-state index in [1.165, 1.54) is 17.0 Å². The Bertz CT molecular complexity index is 848. The molecule has 0 spiro atoms. The van der Waals surface area contributed by atoms with Crippen LogP contribution in [0, 0.1) is 17.8 Å². The number of nitrogens with zero attached hydrogens (tertiary/aromatic N) is 1. The molecule has 3 atom stereocenters. The smallest absolute Gasteiger partial charge is 0.416 e. The number of hydrogen-bond acceptors (Lipinski definition) is 2. The van der Waals surface area contributed by atoms with Crippen LogP contribution in [0.25, 0.3) is 0 Å². The minimum Gasteiger partial charge on any atom is -0.481 e. The van der Waals surface area contributed by atoms with Gasteiger partial charge in [0, 0.05) is 19.0 Å². The molecule has 0 radical (unpaired) electrons. The number of aliphatic carboxylic acids is 1. The van der Waals surface area contributed by atoms with E-state index in [0.717, 1.165) is 12.1 Å². The average molecular weight is 447 g/mol. The van der Waals surface area contributed by atoms with Crippen molar-refractivity contribution in [3.05, 3.63) is 47.5 Å². The van der Waals surface area contributed by atoms with Crippen molar-refractivity contribution in [1.29, 1.82) is 0 Å². The van der Waals surface area contributed by atoms with E-state index in [1.807, 2.05) is 0 Å². The average Bonchev–Trinajstić information content (AvgIpc) is 2.63. The summed E-state index contributed by atoms with van der Waals surface area (Å²) in [5.74, 6) is 3.84. The van der Waals surface area contributed by atoms with E-state index in [0.29, 0.717) is 17.6 Å². The number of hydrogen-bond donors (Lipinski definition) is 1. The number of allylic oxidation sites excluding steroid dienone is 1. The van der Waals surface area contributed by atoms with Crippen LogP contribution in [0.3, 0.4) is 0 Å². The zero-order valence-electron chi connectivity index (χ0n) is 16.9. The van der Waals surface area contributed by atoms with Crippen LogP contribution >= 0.6 is 0 Å². The number of carboxylic acids is 1. The lowest BCUT2D eigenvalue weighted by molar-refractivity contribution is -0.147. The largest absolute Gasteiger partial charge is 0.481 e. The Morgan fingerprint density at radius 1 is 1.23 bits per heavy atom. The minimum absolute atomic E-state index is 0.148. The summed E-state index contributed by atoms with van der Waals surface area (Å²) in [6.45, 7) is 5.29. The molecule has 170 valence electrons. The monoisotopic (exact) mass is 447 g/mol. The minimum atomic E-state index is -4.54. The first-order valence-electron chi connectivity index (χ1n) is 9.64. The van der Waals surface area contributed by atoms with Gasteiger partial charge in [0.2, 0.25) is 0 Å². The summed E-state index contributed by atoms with van der Waals surface area (Å²) in [4.78, 5) is 12.6. The number of carboxylic acid groups (broad SMARTS) is 1. The van der Waals surface area contributed by atoms with Gasteiger partial charge in [-0.15, -0.1) is 0 Å². The molecule has 0 aromatic heterocycles. The fourth-order valence-corrected chi connectivity index (χ4v) is 3.76. The first-order valence-corrected chi connectivity index (χ1v) is 9.64. The molecular weight excluding hydrogens is 424 g/mol. The highest BCUT2D eigenvalue weighted by atomic mass is 19.4. The Hall–Kier alpha value is -2.47. The van der Waals surface area contributed by atoms with Crippen molar-refractivity contribution in [3.63, 3.8) is 0 Å². The van der Waals surface area contributed by atoms with E-state index in [-0.39, 0.29) is 25.3 Å². The fourth-order valence-electron chi connectivity index (χ4n) is 3.76. The third-order valence-electron chi connectivity index (χ3n) is 5.12. The number of carbonyl (C=O) groups is 1. The van der Waals surface area contributed by atoms with E-state index in [2.05, 4.69) is 18.4 Å². The van der Waals surface area contributed by atoms with Crippen molar-refractivity contribution in [1.82, 2.24) is 4.90 Å². The van der Waals surface area contributed by atoms with Crippen LogP contribution in [0.15, 0.2) is 36.4 Å². The van der Waals surface area contributed by atoms with Gasteiger partial charge < -0.3 is 5.11 Å². The lowest BCUT2D eigenvalue weighted by atomic mass is 9.83. The number of piperidine rings is 1. The predicted octanol–water partition coefficient (Wildman–Crippen LogP) is 5.83. The Balaban J connectivity index is 2.42. The number of rotatable bonds is 5. The molecule has 0 unspecified atom stereocenters. The molecule has 2 rings (SSSR count). The molecule has 31 heavy (non-hydrogen) atoms. The van der Waals surface area contributed by atoms with Crippen LogP contribution in [0.4, 0.5) is 26.3 Å². The van der Waals surface area contributed by atoms with Gasteiger partial charge in [-0.25, -0.2) is 0 Å². The Morgan fingerprint density at radius 3 is 2.32 bits per heavy atom. The summed E-state index contributed by atoms with van der Waals surface area (Å²) in [5.41, 5.74) is -0.0824. The standard InChI is InChI=1S/C22H23F6NO2/c1-14(2)3-8-18(13-21(23,24)25)29-10-9-15(12-20(30)31)11-19(29)16-4-6-17(7-5-16)22(26,27)28/h4-7,15,18-19H,1,9-13H2,2H3,(H,30,31)/t15-,18-,19+/m1/s1. The highest BCUT2D eigenvalue weighted by Crippen LogP contribution is 2.40. The molecule has 1 heterocycles. The lowest BCUT2D eigenvalue weighted by Gasteiger charge is -2.42. The summed E-state index contributed by atoms with van der Waals surface area (Å²) < 4.78 is 78.4. The number of benzene rings is 1. The van der Waals surface area contributed by atoms with Crippen molar-refractivity contribution in [2.45, 2.75) is 57.0 Å². The van der Waals surface area contributed by atoms with Crippen molar-refractivity contribution in [2.75, 3.05) is 6.54 Å². The molecule has 0 bridgehead atoms. The first-order chi connectivity index (χ1) is 14.3. The highest BCUT2D eigenvalue weighted by molar-refractivity contribution is 5.67. The van der Waals surface area contributed by atoms with Crippen molar-refractivity contribution < 1.29 is 36.2 Å². The normalized spacial score (nSPS) is 21.1. The van der Waals surface area contributed by atoms with Gasteiger partial charge in [-0.2, -0.15) is 26.3 Å². The van der Waals surface area contributed by atoms with E-state index >= 15 is 0 Å². The molecule has 1 aromatic carbocycles. The quantitative estimate of drug-likeness (QED) is 0.456. The Kier molecular flexibility index (Phi) is 7.82. The Labute approximate surface area is 176 Å². The molecular formula is C22H23F6NO2. The second-order valence-corrected chi connectivity index (χ2v) is 7.75. The van der Waals surface area contributed by atoms with Gasteiger partial charge in [0.1, 0.15) is 0 Å². The summed E-state index contributed by atoms with van der Waals surface area (Å²) in [6.07, 6.45) is -9.85. The predicted molar refractivity (Wildman–Crippen MR) is 103 cm³/mol. The van der Waals surface area contributed by atoms with Crippen molar-refractivity contribution >= 4 is 5.97 Å². The van der Waals surface area contributed by atoms with Crippen LogP contribution in [0.5, 0.6) is 0 Å². The maximum absolute atomic E-state index is 13.2. The van der Waals surface area contributed by atoms with E-state index in [4.69, 9.17) is 5.11 Å². The van der Waals surface area contributed by atoms with Gasteiger partial charge in [-0.1, -0.05) is 30.6 Å². The molecule has 1 aromatic rings. The van der Waals surface area contributed by atoms with Crippen LogP contribution in [-0.2, 0) is 11.0 Å². The van der Waals surface area contributed by atoms with Gasteiger partial charge >= 0.3 is 18.3 Å². The molecule has 1 fully saturated rings.